The SMILES string of the molecule is CCNCC(=O)NCC1CCCN1CC. The highest BCUT2D eigenvalue weighted by molar-refractivity contribution is 5.77. The summed E-state index contributed by atoms with van der Waals surface area (Å²) in [6.45, 7) is 8.55. The minimum atomic E-state index is 0.111. The van der Waals surface area contributed by atoms with E-state index in [1.807, 2.05) is 6.92 Å². The average Bonchev–Trinajstić information content (AvgIpc) is 2.70. The molecule has 1 aliphatic heterocycles. The third kappa shape index (κ3) is 4.18. The third-order valence-corrected chi connectivity index (χ3v) is 2.98. The van der Waals surface area contributed by atoms with E-state index in [4.69, 9.17) is 0 Å². The first-order chi connectivity index (χ1) is 7.27. The first-order valence-electron chi connectivity index (χ1n) is 5.99. The fourth-order valence-electron chi connectivity index (χ4n) is 2.08. The number of hydrogen-bond acceptors (Lipinski definition) is 3. The second kappa shape index (κ2) is 6.80. The van der Waals surface area contributed by atoms with Crippen LogP contribution < -0.4 is 10.6 Å². The lowest BCUT2D eigenvalue weighted by Crippen LogP contribution is -2.42. The normalized spacial score (nSPS) is 21.9. The van der Waals surface area contributed by atoms with Gasteiger partial charge in [-0.15, -0.1) is 0 Å². The molecule has 0 aromatic rings. The number of carbonyl (C=O) groups is 1. The molecule has 1 saturated heterocycles. The van der Waals surface area contributed by atoms with Gasteiger partial charge >= 0.3 is 0 Å². The molecule has 15 heavy (non-hydrogen) atoms. The van der Waals surface area contributed by atoms with E-state index in [-0.39, 0.29) is 5.91 Å². The van der Waals surface area contributed by atoms with E-state index in [1.54, 1.807) is 0 Å². The Bertz CT molecular complexity index is 196. The Kier molecular flexibility index (Phi) is 5.65. The van der Waals surface area contributed by atoms with Crippen LogP contribution in [0.25, 0.3) is 0 Å². The Morgan fingerprint density at radius 2 is 2.27 bits per heavy atom. The fourth-order valence-corrected chi connectivity index (χ4v) is 2.08. The summed E-state index contributed by atoms with van der Waals surface area (Å²) in [5, 5.41) is 6.00. The summed E-state index contributed by atoms with van der Waals surface area (Å²) in [7, 11) is 0. The average molecular weight is 213 g/mol. The van der Waals surface area contributed by atoms with Crippen molar-refractivity contribution in [1.82, 2.24) is 15.5 Å². The van der Waals surface area contributed by atoms with Crippen LogP contribution in [0.2, 0.25) is 0 Å². The maximum absolute atomic E-state index is 11.4. The Morgan fingerprint density at radius 3 is 2.93 bits per heavy atom. The van der Waals surface area contributed by atoms with Crippen LogP contribution >= 0.6 is 0 Å². The first kappa shape index (κ1) is 12.5. The van der Waals surface area contributed by atoms with Gasteiger partial charge in [-0.3, -0.25) is 9.69 Å². The van der Waals surface area contributed by atoms with Crippen LogP contribution in [0, 0.1) is 0 Å². The van der Waals surface area contributed by atoms with Gasteiger partial charge in [0.05, 0.1) is 6.54 Å². The first-order valence-corrected chi connectivity index (χ1v) is 5.99. The minimum absolute atomic E-state index is 0.111. The molecule has 4 heteroatoms. The summed E-state index contributed by atoms with van der Waals surface area (Å²) in [5.74, 6) is 0.111. The molecule has 1 atom stereocenters. The molecule has 1 unspecified atom stereocenters. The van der Waals surface area contributed by atoms with Gasteiger partial charge in [-0.05, 0) is 32.5 Å². The molecule has 2 N–H and O–H groups in total. The zero-order valence-electron chi connectivity index (χ0n) is 9.88. The molecule has 88 valence electrons. The number of likely N-dealkylation sites (tertiary alicyclic amines) is 1. The molecule has 0 aromatic carbocycles. The fraction of sp³-hybridized carbons (Fsp3) is 0.909. The molecule has 0 spiro atoms. The second-order valence-corrected chi connectivity index (χ2v) is 4.01. The minimum Gasteiger partial charge on any atom is -0.353 e. The third-order valence-electron chi connectivity index (χ3n) is 2.98. The lowest BCUT2D eigenvalue weighted by atomic mass is 10.2. The lowest BCUT2D eigenvalue weighted by Gasteiger charge is -2.22. The summed E-state index contributed by atoms with van der Waals surface area (Å²) in [4.78, 5) is 13.8. The van der Waals surface area contributed by atoms with Crippen molar-refractivity contribution in [2.45, 2.75) is 32.7 Å². The highest BCUT2D eigenvalue weighted by atomic mass is 16.1. The van der Waals surface area contributed by atoms with Crippen molar-refractivity contribution in [3.8, 4) is 0 Å². The number of rotatable bonds is 6. The smallest absolute Gasteiger partial charge is 0.234 e. The standard InChI is InChI=1S/C11H23N3O/c1-3-12-9-11(15)13-8-10-6-5-7-14(10)4-2/h10,12H,3-9H2,1-2H3,(H,13,15). The van der Waals surface area contributed by atoms with E-state index < -0.39 is 0 Å². The highest BCUT2D eigenvalue weighted by Gasteiger charge is 2.22. The number of carbonyl (C=O) groups excluding carboxylic acids is 1. The van der Waals surface area contributed by atoms with E-state index >= 15 is 0 Å². The number of likely N-dealkylation sites (N-methyl/N-ethyl adjacent to an activating group) is 2. The van der Waals surface area contributed by atoms with E-state index in [9.17, 15) is 4.79 Å². The van der Waals surface area contributed by atoms with Gasteiger partial charge in [-0.2, -0.15) is 0 Å². The van der Waals surface area contributed by atoms with Gasteiger partial charge in [0.25, 0.3) is 0 Å². The van der Waals surface area contributed by atoms with Crippen molar-refractivity contribution >= 4 is 5.91 Å². The molecule has 1 heterocycles. The van der Waals surface area contributed by atoms with E-state index in [1.165, 1.54) is 19.4 Å². The molecule has 1 rings (SSSR count). The summed E-state index contributed by atoms with van der Waals surface area (Å²) in [6.07, 6.45) is 2.48. The molecule has 0 aromatic heterocycles. The molecular formula is C11H23N3O. The zero-order valence-corrected chi connectivity index (χ0v) is 9.88. The summed E-state index contributed by atoms with van der Waals surface area (Å²) >= 11 is 0. The topological polar surface area (TPSA) is 44.4 Å². The van der Waals surface area contributed by atoms with Crippen LogP contribution in [0.1, 0.15) is 26.7 Å². The Labute approximate surface area is 92.4 Å². The van der Waals surface area contributed by atoms with Crippen molar-refractivity contribution in [2.24, 2.45) is 0 Å². The van der Waals surface area contributed by atoms with Crippen LogP contribution in [0.5, 0.6) is 0 Å². The van der Waals surface area contributed by atoms with E-state index in [0.29, 0.717) is 12.6 Å². The number of amides is 1. The molecule has 1 amide bonds. The monoisotopic (exact) mass is 213 g/mol. The Balaban J connectivity index is 2.15. The molecule has 0 bridgehead atoms. The van der Waals surface area contributed by atoms with Crippen molar-refractivity contribution in [3.05, 3.63) is 0 Å². The summed E-state index contributed by atoms with van der Waals surface area (Å²) < 4.78 is 0. The molecule has 4 nitrogen and oxygen atoms in total. The van der Waals surface area contributed by atoms with E-state index in [2.05, 4.69) is 22.5 Å². The van der Waals surface area contributed by atoms with Crippen molar-refractivity contribution in [1.29, 1.82) is 0 Å². The number of nitrogens with zero attached hydrogens (tertiary/aromatic N) is 1. The van der Waals surface area contributed by atoms with Crippen LogP contribution in [0.4, 0.5) is 0 Å². The molecular weight excluding hydrogens is 190 g/mol. The Morgan fingerprint density at radius 1 is 1.47 bits per heavy atom. The maximum Gasteiger partial charge on any atom is 0.234 e. The highest BCUT2D eigenvalue weighted by Crippen LogP contribution is 2.15. The number of nitrogens with one attached hydrogen (secondary N) is 2. The summed E-state index contributed by atoms with van der Waals surface area (Å²) in [5.41, 5.74) is 0. The van der Waals surface area contributed by atoms with E-state index in [0.717, 1.165) is 19.6 Å². The zero-order chi connectivity index (χ0) is 11.1. The van der Waals surface area contributed by atoms with Gasteiger partial charge in [0.1, 0.15) is 0 Å². The van der Waals surface area contributed by atoms with Crippen LogP contribution in [0.15, 0.2) is 0 Å². The van der Waals surface area contributed by atoms with Crippen LogP contribution in [-0.4, -0.2) is 49.6 Å². The van der Waals surface area contributed by atoms with Crippen LogP contribution in [0.3, 0.4) is 0 Å². The van der Waals surface area contributed by atoms with Crippen LogP contribution in [-0.2, 0) is 4.79 Å². The largest absolute Gasteiger partial charge is 0.353 e. The van der Waals surface area contributed by atoms with Crippen molar-refractivity contribution in [3.63, 3.8) is 0 Å². The predicted octanol–water partition coefficient (Wildman–Crippen LogP) is 0.196. The molecule has 1 fully saturated rings. The van der Waals surface area contributed by atoms with Crippen molar-refractivity contribution < 1.29 is 4.79 Å². The molecule has 1 aliphatic rings. The summed E-state index contributed by atoms with van der Waals surface area (Å²) in [6, 6.07) is 0.556. The number of hydrogen-bond donors (Lipinski definition) is 2. The molecule has 0 aliphatic carbocycles. The molecule has 0 saturated carbocycles. The maximum atomic E-state index is 11.4. The van der Waals surface area contributed by atoms with Gasteiger partial charge in [-0.25, -0.2) is 0 Å². The molecule has 0 radical (unpaired) electrons. The quantitative estimate of drug-likeness (QED) is 0.662. The lowest BCUT2D eigenvalue weighted by molar-refractivity contribution is -0.120. The Hall–Kier alpha value is -0.610. The van der Waals surface area contributed by atoms with Gasteiger partial charge in [0.2, 0.25) is 5.91 Å². The predicted molar refractivity (Wildman–Crippen MR) is 61.8 cm³/mol. The van der Waals surface area contributed by atoms with Crippen molar-refractivity contribution in [2.75, 3.05) is 32.7 Å². The second-order valence-electron chi connectivity index (χ2n) is 4.01. The van der Waals surface area contributed by atoms with Gasteiger partial charge < -0.3 is 10.6 Å². The van der Waals surface area contributed by atoms with Gasteiger partial charge in [0, 0.05) is 12.6 Å². The van der Waals surface area contributed by atoms with Gasteiger partial charge in [-0.1, -0.05) is 13.8 Å². The van der Waals surface area contributed by atoms with Gasteiger partial charge in [0.15, 0.2) is 0 Å².